The molecule has 122 valence electrons. The summed E-state index contributed by atoms with van der Waals surface area (Å²) >= 11 is 6.00. The smallest absolute Gasteiger partial charge is 0.224 e. The first kappa shape index (κ1) is 16.0. The van der Waals surface area contributed by atoms with E-state index in [4.69, 9.17) is 11.6 Å². The predicted octanol–water partition coefficient (Wildman–Crippen LogP) is 2.30. The number of hydrogen-bond acceptors (Lipinski definition) is 3. The molecule has 3 rings (SSSR count). The van der Waals surface area contributed by atoms with E-state index in [2.05, 4.69) is 15.3 Å². The predicted molar refractivity (Wildman–Crippen MR) is 90.3 cm³/mol. The molecule has 1 fully saturated rings. The van der Waals surface area contributed by atoms with Gasteiger partial charge in [0.05, 0.1) is 12.0 Å². The number of aryl methyl sites for hydroxylation is 1. The van der Waals surface area contributed by atoms with Gasteiger partial charge in [-0.05, 0) is 31.0 Å². The molecule has 0 saturated carbocycles. The lowest BCUT2D eigenvalue weighted by atomic mass is 10.1. The Bertz CT molecular complexity index is 685. The third kappa shape index (κ3) is 4.12. The van der Waals surface area contributed by atoms with Crippen molar-refractivity contribution in [1.82, 2.24) is 20.2 Å². The van der Waals surface area contributed by atoms with Gasteiger partial charge in [0, 0.05) is 42.8 Å². The first-order chi connectivity index (χ1) is 11.1. The van der Waals surface area contributed by atoms with E-state index < -0.39 is 0 Å². The molecule has 6 heteroatoms. The number of nitrogens with zero attached hydrogens (tertiary/aromatic N) is 2. The Kier molecular flexibility index (Phi) is 4.98. The summed E-state index contributed by atoms with van der Waals surface area (Å²) < 4.78 is 0. The summed E-state index contributed by atoms with van der Waals surface area (Å²) in [7, 11) is 0. The molecule has 0 aliphatic carbocycles. The van der Waals surface area contributed by atoms with Crippen molar-refractivity contribution in [2.45, 2.75) is 32.4 Å². The zero-order valence-electron chi connectivity index (χ0n) is 13.2. The summed E-state index contributed by atoms with van der Waals surface area (Å²) in [5.74, 6) is 0.211. The molecule has 2 aromatic rings. The number of imidazole rings is 1. The van der Waals surface area contributed by atoms with Crippen LogP contribution in [-0.2, 0) is 17.8 Å². The standard InChI is InChI=1S/C17H21ClN4O/c1-12-16(21-11-20-12)9-19-15-8-17(23)22(10-15)6-5-13-3-2-4-14(18)7-13/h2-4,7,11,15,19H,5-6,8-10H2,1H3,(H,20,21)/t15-/m1/s1. The molecule has 1 saturated heterocycles. The molecule has 5 nitrogen and oxygen atoms in total. The molecule has 0 radical (unpaired) electrons. The zero-order valence-corrected chi connectivity index (χ0v) is 13.9. The van der Waals surface area contributed by atoms with Gasteiger partial charge in [-0.2, -0.15) is 0 Å². The van der Waals surface area contributed by atoms with Gasteiger partial charge in [0.15, 0.2) is 0 Å². The average molecular weight is 333 g/mol. The molecule has 1 atom stereocenters. The Hall–Kier alpha value is -1.85. The molecule has 1 aliphatic rings. The molecule has 1 aromatic carbocycles. The molecular weight excluding hydrogens is 312 g/mol. The van der Waals surface area contributed by atoms with Crippen molar-refractivity contribution < 1.29 is 4.79 Å². The quantitative estimate of drug-likeness (QED) is 0.853. The molecule has 1 aromatic heterocycles. The number of H-pyrrole nitrogens is 1. The van der Waals surface area contributed by atoms with Crippen LogP contribution in [0.3, 0.4) is 0 Å². The van der Waals surface area contributed by atoms with Crippen molar-refractivity contribution in [3.05, 3.63) is 52.6 Å². The second kappa shape index (κ2) is 7.15. The number of rotatable bonds is 6. The summed E-state index contributed by atoms with van der Waals surface area (Å²) in [6.07, 6.45) is 3.08. The fourth-order valence-corrected chi connectivity index (χ4v) is 3.10. The second-order valence-corrected chi connectivity index (χ2v) is 6.41. The molecule has 2 N–H and O–H groups in total. The summed E-state index contributed by atoms with van der Waals surface area (Å²) in [6.45, 7) is 4.18. The number of aromatic nitrogens is 2. The lowest BCUT2D eigenvalue weighted by Crippen LogP contribution is -2.33. The van der Waals surface area contributed by atoms with Crippen molar-refractivity contribution in [2.24, 2.45) is 0 Å². The SMILES string of the molecule is Cc1[nH]cnc1CN[C@@H]1CC(=O)N(CCc2cccc(Cl)c2)C1. The Morgan fingerprint density at radius 1 is 1.48 bits per heavy atom. The highest BCUT2D eigenvalue weighted by Crippen LogP contribution is 2.15. The average Bonchev–Trinajstić information content (AvgIpc) is 3.09. The molecule has 0 unspecified atom stereocenters. The van der Waals surface area contributed by atoms with Crippen LogP contribution in [0.4, 0.5) is 0 Å². The highest BCUT2D eigenvalue weighted by atomic mass is 35.5. The van der Waals surface area contributed by atoms with Gasteiger partial charge in [0.25, 0.3) is 0 Å². The number of benzene rings is 1. The van der Waals surface area contributed by atoms with Gasteiger partial charge < -0.3 is 15.2 Å². The largest absolute Gasteiger partial charge is 0.348 e. The molecule has 0 bridgehead atoms. The van der Waals surface area contributed by atoms with E-state index in [0.29, 0.717) is 13.0 Å². The van der Waals surface area contributed by atoms with Crippen molar-refractivity contribution >= 4 is 17.5 Å². The van der Waals surface area contributed by atoms with Crippen LogP contribution in [0.5, 0.6) is 0 Å². The van der Waals surface area contributed by atoms with Crippen molar-refractivity contribution in [1.29, 1.82) is 0 Å². The van der Waals surface area contributed by atoms with E-state index in [-0.39, 0.29) is 11.9 Å². The minimum Gasteiger partial charge on any atom is -0.348 e. The fourth-order valence-electron chi connectivity index (χ4n) is 2.89. The van der Waals surface area contributed by atoms with Crippen molar-refractivity contribution in [3.63, 3.8) is 0 Å². The number of halogens is 1. The number of nitrogens with one attached hydrogen (secondary N) is 2. The van der Waals surface area contributed by atoms with Gasteiger partial charge in [-0.25, -0.2) is 4.98 Å². The van der Waals surface area contributed by atoms with E-state index in [1.54, 1.807) is 6.33 Å². The number of amides is 1. The van der Waals surface area contributed by atoms with E-state index >= 15 is 0 Å². The van der Waals surface area contributed by atoms with E-state index in [0.717, 1.165) is 41.5 Å². The number of likely N-dealkylation sites (tertiary alicyclic amines) is 1. The first-order valence-corrected chi connectivity index (χ1v) is 8.24. The summed E-state index contributed by atoms with van der Waals surface area (Å²) in [5.41, 5.74) is 3.24. The first-order valence-electron chi connectivity index (χ1n) is 7.86. The van der Waals surface area contributed by atoms with E-state index in [9.17, 15) is 4.79 Å². The Labute approximate surface area is 141 Å². The van der Waals surface area contributed by atoms with Crippen LogP contribution >= 0.6 is 11.6 Å². The van der Waals surface area contributed by atoms with E-state index in [1.807, 2.05) is 36.1 Å². The number of aromatic amines is 1. The van der Waals surface area contributed by atoms with Gasteiger partial charge in [-0.3, -0.25) is 4.79 Å². The summed E-state index contributed by atoms with van der Waals surface area (Å²) in [4.78, 5) is 21.4. The van der Waals surface area contributed by atoms with Gasteiger partial charge in [0.1, 0.15) is 0 Å². The highest BCUT2D eigenvalue weighted by molar-refractivity contribution is 6.30. The zero-order chi connectivity index (χ0) is 16.2. The van der Waals surface area contributed by atoms with Crippen molar-refractivity contribution in [2.75, 3.05) is 13.1 Å². The molecule has 23 heavy (non-hydrogen) atoms. The normalized spacial score (nSPS) is 17.9. The third-order valence-corrected chi connectivity index (χ3v) is 4.50. The second-order valence-electron chi connectivity index (χ2n) is 5.98. The van der Waals surface area contributed by atoms with Crippen LogP contribution in [0.25, 0.3) is 0 Å². The van der Waals surface area contributed by atoms with Gasteiger partial charge in [0.2, 0.25) is 5.91 Å². The minimum absolute atomic E-state index is 0.193. The molecule has 1 aliphatic heterocycles. The molecule has 1 amide bonds. The maximum atomic E-state index is 12.1. The Morgan fingerprint density at radius 2 is 2.35 bits per heavy atom. The molecule has 2 heterocycles. The lowest BCUT2D eigenvalue weighted by Gasteiger charge is -2.17. The van der Waals surface area contributed by atoms with Gasteiger partial charge in [-0.1, -0.05) is 23.7 Å². The maximum absolute atomic E-state index is 12.1. The van der Waals surface area contributed by atoms with Crippen LogP contribution in [0.15, 0.2) is 30.6 Å². The Balaban J connectivity index is 1.48. The monoisotopic (exact) mass is 332 g/mol. The van der Waals surface area contributed by atoms with Crippen LogP contribution in [0.2, 0.25) is 5.02 Å². The van der Waals surface area contributed by atoms with Crippen LogP contribution in [-0.4, -0.2) is 39.9 Å². The fraction of sp³-hybridized carbons (Fsp3) is 0.412. The third-order valence-electron chi connectivity index (χ3n) is 4.27. The number of hydrogen-bond donors (Lipinski definition) is 2. The maximum Gasteiger partial charge on any atom is 0.224 e. The number of carbonyl (C=O) groups excluding carboxylic acids is 1. The van der Waals surface area contributed by atoms with Crippen LogP contribution in [0.1, 0.15) is 23.4 Å². The molecular formula is C17H21ClN4O. The van der Waals surface area contributed by atoms with E-state index in [1.165, 1.54) is 0 Å². The van der Waals surface area contributed by atoms with Crippen LogP contribution < -0.4 is 5.32 Å². The number of carbonyl (C=O) groups is 1. The van der Waals surface area contributed by atoms with Crippen molar-refractivity contribution in [3.8, 4) is 0 Å². The lowest BCUT2D eigenvalue weighted by molar-refractivity contribution is -0.127. The topological polar surface area (TPSA) is 61.0 Å². The van der Waals surface area contributed by atoms with Crippen LogP contribution in [0, 0.1) is 6.92 Å². The highest BCUT2D eigenvalue weighted by Gasteiger charge is 2.28. The van der Waals surface area contributed by atoms with Gasteiger partial charge in [-0.15, -0.1) is 0 Å². The minimum atomic E-state index is 0.193. The van der Waals surface area contributed by atoms with Gasteiger partial charge >= 0.3 is 0 Å². The summed E-state index contributed by atoms with van der Waals surface area (Å²) in [5, 5.41) is 4.17. The molecule has 0 spiro atoms. The summed E-state index contributed by atoms with van der Waals surface area (Å²) in [6, 6.07) is 8.00. The Morgan fingerprint density at radius 3 is 3.09 bits per heavy atom.